The fraction of sp³-hybridized carbons (Fsp3) is 0.667. The summed E-state index contributed by atoms with van der Waals surface area (Å²) in [5, 5.41) is 0. The molecule has 1 atom stereocenters. The number of aryl methyl sites for hydroxylation is 1. The van der Waals surface area contributed by atoms with Crippen molar-refractivity contribution in [3.05, 3.63) is 23.2 Å². The number of nitrogens with one attached hydrogen (secondary N) is 1. The van der Waals surface area contributed by atoms with Crippen molar-refractivity contribution in [3.63, 3.8) is 0 Å². The van der Waals surface area contributed by atoms with Crippen LogP contribution in [0.3, 0.4) is 0 Å². The summed E-state index contributed by atoms with van der Waals surface area (Å²) in [5.41, 5.74) is 3.17. The largest absolute Gasteiger partial charge is 0.456 e. The number of nitrogen functional groups attached to an aromatic ring is 1. The molecule has 0 saturated carbocycles. The molecule has 21 heavy (non-hydrogen) atoms. The Morgan fingerprint density at radius 1 is 1.52 bits per heavy atom. The Kier molecular flexibility index (Phi) is 5.39. The first kappa shape index (κ1) is 16.0. The lowest BCUT2D eigenvalue weighted by atomic mass is 10.1. The van der Waals surface area contributed by atoms with Gasteiger partial charge in [0.05, 0.1) is 0 Å². The van der Waals surface area contributed by atoms with Gasteiger partial charge in [-0.3, -0.25) is 15.1 Å². The number of hydrazine groups is 1. The number of likely N-dealkylation sites (N-methyl/N-ethyl adjacent to an activating group) is 1. The van der Waals surface area contributed by atoms with Crippen molar-refractivity contribution in [1.82, 2.24) is 15.2 Å². The Morgan fingerprint density at radius 3 is 2.95 bits per heavy atom. The van der Waals surface area contributed by atoms with Gasteiger partial charge in [-0.2, -0.15) is 0 Å². The maximum Gasteiger partial charge on any atom is 0.300 e. The first-order chi connectivity index (χ1) is 10.0. The Balaban J connectivity index is 2.12. The molecule has 1 fully saturated rings. The second-order valence-electron chi connectivity index (χ2n) is 5.81. The maximum absolute atomic E-state index is 11.5. The van der Waals surface area contributed by atoms with E-state index in [0.717, 1.165) is 43.9 Å². The molecule has 1 unspecified atom stereocenters. The van der Waals surface area contributed by atoms with Gasteiger partial charge >= 0.3 is 5.91 Å². The van der Waals surface area contributed by atoms with Crippen LogP contribution in [0, 0.1) is 6.92 Å². The summed E-state index contributed by atoms with van der Waals surface area (Å²) in [4.78, 5) is 16.4. The molecule has 1 aliphatic heterocycles. The van der Waals surface area contributed by atoms with Gasteiger partial charge in [0.1, 0.15) is 5.76 Å². The van der Waals surface area contributed by atoms with Gasteiger partial charge in [0.25, 0.3) is 0 Å². The summed E-state index contributed by atoms with van der Waals surface area (Å²) in [6, 6.07) is 2.34. The zero-order chi connectivity index (χ0) is 15.4. The molecule has 6 nitrogen and oxygen atoms in total. The number of hydrogen-bond donors (Lipinski definition) is 2. The van der Waals surface area contributed by atoms with Gasteiger partial charge in [0.2, 0.25) is 0 Å². The molecular weight excluding hydrogens is 268 g/mol. The number of furan rings is 1. The van der Waals surface area contributed by atoms with Crippen LogP contribution in [0.5, 0.6) is 0 Å². The minimum atomic E-state index is -0.382. The lowest BCUT2D eigenvalue weighted by Gasteiger charge is -2.29. The Labute approximate surface area is 126 Å². The zero-order valence-corrected chi connectivity index (χ0v) is 13.2. The number of carbonyl (C=O) groups is 1. The van der Waals surface area contributed by atoms with E-state index >= 15 is 0 Å². The maximum atomic E-state index is 11.5. The second-order valence-corrected chi connectivity index (χ2v) is 5.81. The number of nitrogens with two attached hydrogens (primary N) is 1. The second kappa shape index (κ2) is 7.06. The first-order valence-electron chi connectivity index (χ1n) is 7.58. The molecule has 1 aliphatic rings. The molecule has 2 heterocycles. The number of nitrogens with zero attached hydrogens (tertiary/aromatic N) is 2. The molecule has 3 N–H and O–H groups in total. The lowest BCUT2D eigenvalue weighted by molar-refractivity contribution is 0.0924. The van der Waals surface area contributed by atoms with Gasteiger partial charge < -0.3 is 9.32 Å². The predicted octanol–water partition coefficient (Wildman–Crippen LogP) is 1.11. The van der Waals surface area contributed by atoms with Crippen LogP contribution in [0.15, 0.2) is 10.5 Å². The molecule has 0 aromatic carbocycles. The van der Waals surface area contributed by atoms with Crippen LogP contribution in [0.25, 0.3) is 0 Å². The van der Waals surface area contributed by atoms with E-state index in [1.54, 1.807) is 6.07 Å². The average Bonchev–Trinajstić information content (AvgIpc) is 2.73. The summed E-state index contributed by atoms with van der Waals surface area (Å²) >= 11 is 0. The smallest absolute Gasteiger partial charge is 0.300 e. The Bertz CT molecular complexity index is 486. The third-order valence-corrected chi connectivity index (χ3v) is 4.24. The van der Waals surface area contributed by atoms with Crippen molar-refractivity contribution in [1.29, 1.82) is 0 Å². The number of rotatable bonds is 4. The highest BCUT2D eigenvalue weighted by Gasteiger charge is 2.24. The fourth-order valence-corrected chi connectivity index (χ4v) is 2.97. The highest BCUT2D eigenvalue weighted by atomic mass is 16.4. The molecule has 118 valence electrons. The van der Waals surface area contributed by atoms with E-state index in [4.69, 9.17) is 10.3 Å². The van der Waals surface area contributed by atoms with Crippen LogP contribution in [0.1, 0.15) is 41.6 Å². The molecule has 1 saturated heterocycles. The molecule has 1 amide bonds. The average molecular weight is 294 g/mol. The van der Waals surface area contributed by atoms with E-state index < -0.39 is 0 Å². The van der Waals surface area contributed by atoms with Crippen molar-refractivity contribution in [2.45, 2.75) is 39.3 Å². The van der Waals surface area contributed by atoms with Gasteiger partial charge in [-0.15, -0.1) is 0 Å². The quantitative estimate of drug-likeness (QED) is 0.494. The topological polar surface area (TPSA) is 74.7 Å². The van der Waals surface area contributed by atoms with Crippen molar-refractivity contribution < 1.29 is 9.21 Å². The van der Waals surface area contributed by atoms with Crippen molar-refractivity contribution in [2.75, 3.05) is 26.7 Å². The molecule has 2 rings (SSSR count). The number of carbonyl (C=O) groups excluding carboxylic acids is 1. The first-order valence-corrected chi connectivity index (χ1v) is 7.58. The van der Waals surface area contributed by atoms with Gasteiger partial charge in [-0.1, -0.05) is 6.92 Å². The monoisotopic (exact) mass is 294 g/mol. The minimum Gasteiger partial charge on any atom is -0.456 e. The number of amides is 1. The van der Waals surface area contributed by atoms with E-state index in [1.165, 1.54) is 6.42 Å². The van der Waals surface area contributed by atoms with E-state index in [9.17, 15) is 4.79 Å². The van der Waals surface area contributed by atoms with Crippen LogP contribution >= 0.6 is 0 Å². The number of hydrogen-bond acceptors (Lipinski definition) is 5. The highest BCUT2D eigenvalue weighted by molar-refractivity contribution is 5.91. The van der Waals surface area contributed by atoms with E-state index in [0.29, 0.717) is 6.04 Å². The zero-order valence-electron chi connectivity index (χ0n) is 13.2. The fourth-order valence-electron chi connectivity index (χ4n) is 2.97. The highest BCUT2D eigenvalue weighted by Crippen LogP contribution is 2.20. The molecule has 0 radical (unpaired) electrons. The van der Waals surface area contributed by atoms with Gasteiger partial charge in [-0.25, -0.2) is 5.84 Å². The normalized spacial score (nSPS) is 21.2. The lowest BCUT2D eigenvalue weighted by Crippen LogP contribution is -2.39. The summed E-state index contributed by atoms with van der Waals surface area (Å²) in [5.74, 6) is 5.84. The summed E-state index contributed by atoms with van der Waals surface area (Å²) < 4.78 is 5.50. The molecule has 0 spiro atoms. The van der Waals surface area contributed by atoms with Crippen LogP contribution in [0.2, 0.25) is 0 Å². The van der Waals surface area contributed by atoms with Crippen molar-refractivity contribution in [2.24, 2.45) is 5.84 Å². The van der Waals surface area contributed by atoms with Crippen LogP contribution < -0.4 is 11.3 Å². The van der Waals surface area contributed by atoms with Gasteiger partial charge in [0.15, 0.2) is 5.76 Å². The standard InChI is InChI=1S/C15H26N4O2/c1-4-13-10-18(3)6-5-7-19(13)9-12-8-14(15(20)17-16)21-11(12)2/h8,13H,4-7,9-10,16H2,1-3H3,(H,17,20). The van der Waals surface area contributed by atoms with Crippen LogP contribution in [0.4, 0.5) is 0 Å². The Morgan fingerprint density at radius 2 is 2.29 bits per heavy atom. The summed E-state index contributed by atoms with van der Waals surface area (Å²) in [6.45, 7) is 8.24. The minimum absolute atomic E-state index is 0.282. The van der Waals surface area contributed by atoms with Crippen molar-refractivity contribution >= 4 is 5.91 Å². The van der Waals surface area contributed by atoms with E-state index in [-0.39, 0.29) is 11.7 Å². The third-order valence-electron chi connectivity index (χ3n) is 4.24. The third kappa shape index (κ3) is 3.84. The SMILES string of the molecule is CCC1CN(C)CCCN1Cc1cc(C(=O)NN)oc1C. The molecule has 1 aromatic heterocycles. The summed E-state index contributed by atoms with van der Waals surface area (Å²) in [6.07, 6.45) is 2.29. The molecule has 0 bridgehead atoms. The molecule has 0 aliphatic carbocycles. The van der Waals surface area contributed by atoms with E-state index in [2.05, 4.69) is 29.2 Å². The van der Waals surface area contributed by atoms with Crippen LogP contribution in [-0.4, -0.2) is 48.4 Å². The van der Waals surface area contributed by atoms with Crippen molar-refractivity contribution in [3.8, 4) is 0 Å². The van der Waals surface area contributed by atoms with E-state index in [1.807, 2.05) is 6.92 Å². The van der Waals surface area contributed by atoms with Gasteiger partial charge in [0, 0.05) is 31.2 Å². The molecular formula is C15H26N4O2. The molecule has 6 heteroatoms. The summed E-state index contributed by atoms with van der Waals surface area (Å²) in [7, 11) is 2.18. The Hall–Kier alpha value is -1.37. The predicted molar refractivity (Wildman–Crippen MR) is 81.7 cm³/mol. The molecule has 1 aromatic rings. The van der Waals surface area contributed by atoms with Crippen LogP contribution in [-0.2, 0) is 6.54 Å². The van der Waals surface area contributed by atoms with Gasteiger partial charge in [-0.05, 0) is 39.4 Å².